The van der Waals surface area contributed by atoms with Crippen LogP contribution in [-0.2, 0) is 9.59 Å². The van der Waals surface area contributed by atoms with E-state index in [1.807, 2.05) is 5.43 Å². The Morgan fingerprint density at radius 1 is 1.38 bits per heavy atom. The number of nitrogens with one attached hydrogen (secondary N) is 3. The van der Waals surface area contributed by atoms with Gasteiger partial charge >= 0.3 is 12.1 Å². The van der Waals surface area contributed by atoms with Gasteiger partial charge in [0.05, 0.1) is 12.1 Å². The number of imide groups is 1. The summed E-state index contributed by atoms with van der Waals surface area (Å²) in [6.45, 7) is 3.24. The number of anilines is 1. The Hall–Kier alpha value is -3.11. The Balaban J connectivity index is 2.16. The fourth-order valence-electron chi connectivity index (χ4n) is 2.57. The fraction of sp³-hybridized carbons (Fsp3) is 0.333. The van der Waals surface area contributed by atoms with Gasteiger partial charge in [-0.05, 0) is 18.1 Å². The number of primary amides is 1. The normalized spacial score (nSPS) is 19.5. The summed E-state index contributed by atoms with van der Waals surface area (Å²) in [5, 5.41) is 4.97. The average molecular weight is 361 g/mol. The second-order valence-corrected chi connectivity index (χ2v) is 6.15. The van der Waals surface area contributed by atoms with Crippen LogP contribution in [0.5, 0.6) is 0 Å². The number of hydrogen-bond donors (Lipinski definition) is 4. The molecule has 2 radical (unpaired) electrons. The Morgan fingerprint density at radius 2 is 2.04 bits per heavy atom. The average Bonchev–Trinajstić information content (AvgIpc) is 2.75. The zero-order valence-electron chi connectivity index (χ0n) is 14.1. The molecule has 1 atom stereocenters. The maximum Gasteiger partial charge on any atom is 0.344 e. The molecule has 1 fully saturated rings. The number of nitrogens with two attached hydrogens (primary N) is 1. The maximum atomic E-state index is 13.7. The smallest absolute Gasteiger partial charge is 0.344 e. The van der Waals surface area contributed by atoms with E-state index in [0.717, 1.165) is 6.07 Å². The Kier molecular flexibility index (Phi) is 5.19. The standard InChI is InChI=1S/C15H17BFN5O4/c1-7(2)15(6-11(18)23)12(24)22(14(26)20-15)21-13(25)19-10-4-3-8(16)5-9(10)17/h3-5,7H,6H2,1-2H3,(H2,18,23)(H,20,26)(H2,19,21,25). The van der Waals surface area contributed by atoms with E-state index in [0.29, 0.717) is 5.01 Å². The maximum absolute atomic E-state index is 13.7. The lowest BCUT2D eigenvalue weighted by Crippen LogP contribution is -2.55. The van der Waals surface area contributed by atoms with Gasteiger partial charge in [-0.1, -0.05) is 25.4 Å². The van der Waals surface area contributed by atoms with Crippen molar-refractivity contribution in [3.63, 3.8) is 0 Å². The molecule has 1 aliphatic rings. The first-order valence-corrected chi connectivity index (χ1v) is 7.64. The van der Waals surface area contributed by atoms with E-state index in [2.05, 4.69) is 10.6 Å². The molecule has 2 rings (SSSR count). The SMILES string of the molecule is [B]c1ccc(NC(=O)NN2C(=O)NC(CC(N)=O)(C(C)C)C2=O)c(F)c1. The van der Waals surface area contributed by atoms with Crippen LogP contribution in [0.2, 0.25) is 0 Å². The summed E-state index contributed by atoms with van der Waals surface area (Å²) < 4.78 is 13.7. The summed E-state index contributed by atoms with van der Waals surface area (Å²) in [4.78, 5) is 48.0. The van der Waals surface area contributed by atoms with Gasteiger partial charge in [-0.15, -0.1) is 0 Å². The van der Waals surface area contributed by atoms with Crippen LogP contribution < -0.4 is 27.3 Å². The molecular formula is C15H17BFN5O4. The largest absolute Gasteiger partial charge is 0.370 e. The van der Waals surface area contributed by atoms with Crippen molar-refractivity contribution in [2.24, 2.45) is 11.7 Å². The first-order valence-electron chi connectivity index (χ1n) is 7.64. The molecule has 0 saturated carbocycles. The minimum atomic E-state index is -1.57. The molecule has 9 nitrogen and oxygen atoms in total. The number of rotatable bonds is 5. The second-order valence-electron chi connectivity index (χ2n) is 6.15. The molecule has 1 heterocycles. The van der Waals surface area contributed by atoms with E-state index >= 15 is 0 Å². The molecule has 0 aliphatic carbocycles. The number of halogens is 1. The van der Waals surface area contributed by atoms with E-state index in [1.54, 1.807) is 13.8 Å². The number of carbonyl (C=O) groups excluding carboxylic acids is 4. The third-order valence-corrected chi connectivity index (χ3v) is 4.01. The van der Waals surface area contributed by atoms with Crippen LogP contribution in [0.3, 0.4) is 0 Å². The molecule has 0 spiro atoms. The van der Waals surface area contributed by atoms with Crippen molar-refractivity contribution in [3.8, 4) is 0 Å². The van der Waals surface area contributed by atoms with Gasteiger partial charge in [-0.25, -0.2) is 19.4 Å². The predicted octanol–water partition coefficient (Wildman–Crippen LogP) is -0.522. The Morgan fingerprint density at radius 3 is 2.58 bits per heavy atom. The first-order chi connectivity index (χ1) is 12.1. The molecule has 136 valence electrons. The lowest BCUT2D eigenvalue weighted by Gasteiger charge is -2.29. The van der Waals surface area contributed by atoms with Crippen molar-refractivity contribution in [3.05, 3.63) is 24.0 Å². The summed E-state index contributed by atoms with van der Waals surface area (Å²) in [6, 6.07) is 1.62. The monoisotopic (exact) mass is 361 g/mol. The van der Waals surface area contributed by atoms with Gasteiger partial charge in [0.25, 0.3) is 5.91 Å². The van der Waals surface area contributed by atoms with Gasteiger partial charge in [0, 0.05) is 0 Å². The highest BCUT2D eigenvalue weighted by atomic mass is 19.1. The van der Waals surface area contributed by atoms with Gasteiger partial charge in [-0.2, -0.15) is 5.01 Å². The number of carbonyl (C=O) groups is 4. The zero-order valence-corrected chi connectivity index (χ0v) is 14.1. The molecule has 1 unspecified atom stereocenters. The lowest BCUT2D eigenvalue weighted by atomic mass is 9.83. The highest BCUT2D eigenvalue weighted by Crippen LogP contribution is 2.28. The van der Waals surface area contributed by atoms with Crippen molar-refractivity contribution >= 4 is 42.9 Å². The van der Waals surface area contributed by atoms with E-state index in [1.165, 1.54) is 12.1 Å². The molecule has 1 aliphatic heterocycles. The number of hydrogen-bond acceptors (Lipinski definition) is 4. The van der Waals surface area contributed by atoms with Crippen LogP contribution in [0, 0.1) is 11.7 Å². The molecule has 1 saturated heterocycles. The van der Waals surface area contributed by atoms with Crippen LogP contribution >= 0.6 is 0 Å². The number of urea groups is 2. The van der Waals surface area contributed by atoms with E-state index in [4.69, 9.17) is 13.6 Å². The molecule has 1 aromatic rings. The van der Waals surface area contributed by atoms with E-state index in [-0.39, 0.29) is 11.2 Å². The minimum Gasteiger partial charge on any atom is -0.370 e. The quantitative estimate of drug-likeness (QED) is 0.415. The van der Waals surface area contributed by atoms with Crippen molar-refractivity contribution in [1.82, 2.24) is 15.8 Å². The molecule has 0 bridgehead atoms. The number of hydrazine groups is 1. The van der Waals surface area contributed by atoms with Crippen LogP contribution in [0.25, 0.3) is 0 Å². The fourth-order valence-corrected chi connectivity index (χ4v) is 2.57. The number of amides is 6. The molecule has 11 heteroatoms. The van der Waals surface area contributed by atoms with Crippen LogP contribution in [0.1, 0.15) is 20.3 Å². The molecule has 26 heavy (non-hydrogen) atoms. The zero-order chi connectivity index (χ0) is 19.6. The van der Waals surface area contributed by atoms with Crippen molar-refractivity contribution in [2.75, 3.05) is 5.32 Å². The molecule has 5 N–H and O–H groups in total. The summed E-state index contributed by atoms with van der Waals surface area (Å²) in [7, 11) is 5.41. The highest BCUT2D eigenvalue weighted by molar-refractivity contribution is 6.32. The summed E-state index contributed by atoms with van der Waals surface area (Å²) in [5.74, 6) is -2.90. The van der Waals surface area contributed by atoms with Gasteiger partial charge in [0.1, 0.15) is 19.2 Å². The van der Waals surface area contributed by atoms with Gasteiger partial charge in [0.2, 0.25) is 5.91 Å². The topological polar surface area (TPSA) is 134 Å². The summed E-state index contributed by atoms with van der Waals surface area (Å²) in [6.07, 6.45) is -0.429. The van der Waals surface area contributed by atoms with Gasteiger partial charge < -0.3 is 16.4 Å². The molecule has 6 amide bonds. The van der Waals surface area contributed by atoms with E-state index in [9.17, 15) is 23.6 Å². The lowest BCUT2D eigenvalue weighted by molar-refractivity contribution is -0.137. The molecular weight excluding hydrogens is 344 g/mol. The van der Waals surface area contributed by atoms with Gasteiger partial charge in [0.15, 0.2) is 0 Å². The third-order valence-electron chi connectivity index (χ3n) is 4.01. The summed E-state index contributed by atoms with van der Waals surface area (Å²) >= 11 is 0. The Labute approximate surface area is 149 Å². The van der Waals surface area contributed by atoms with Crippen molar-refractivity contribution < 1.29 is 23.6 Å². The van der Waals surface area contributed by atoms with Crippen LogP contribution in [0.15, 0.2) is 18.2 Å². The van der Waals surface area contributed by atoms with Crippen molar-refractivity contribution in [1.29, 1.82) is 0 Å². The van der Waals surface area contributed by atoms with Crippen LogP contribution in [-0.4, -0.2) is 42.3 Å². The van der Waals surface area contributed by atoms with Crippen molar-refractivity contribution in [2.45, 2.75) is 25.8 Å². The van der Waals surface area contributed by atoms with E-state index < -0.39 is 47.6 Å². The third kappa shape index (κ3) is 3.61. The number of benzene rings is 1. The van der Waals surface area contributed by atoms with Gasteiger partial charge in [-0.3, -0.25) is 9.59 Å². The first kappa shape index (κ1) is 19.2. The highest BCUT2D eigenvalue weighted by Gasteiger charge is 2.54. The minimum absolute atomic E-state index is 0.163. The number of nitrogens with zero attached hydrogens (tertiary/aromatic N) is 1. The second kappa shape index (κ2) is 7.02. The van der Waals surface area contributed by atoms with Crippen LogP contribution in [0.4, 0.5) is 19.7 Å². The Bertz CT molecular complexity index is 787. The molecule has 0 aromatic heterocycles. The predicted molar refractivity (Wildman–Crippen MR) is 90.7 cm³/mol. The molecule has 1 aromatic carbocycles. The summed E-state index contributed by atoms with van der Waals surface area (Å²) in [5.41, 5.74) is 5.59.